The second kappa shape index (κ2) is 8.61. The number of methoxy groups -OCH3 is 2. The van der Waals surface area contributed by atoms with Gasteiger partial charge in [-0.05, 0) is 37.3 Å². The van der Waals surface area contributed by atoms with Crippen LogP contribution in [0.4, 0.5) is 4.39 Å². The van der Waals surface area contributed by atoms with Crippen molar-refractivity contribution in [3.63, 3.8) is 0 Å². The zero-order valence-electron chi connectivity index (χ0n) is 12.6. The van der Waals surface area contributed by atoms with Crippen molar-refractivity contribution in [2.45, 2.75) is 6.92 Å². The van der Waals surface area contributed by atoms with Crippen LogP contribution in [0.5, 0.6) is 5.75 Å². The Labute approximate surface area is 128 Å². The van der Waals surface area contributed by atoms with Crippen molar-refractivity contribution in [3.05, 3.63) is 47.3 Å². The van der Waals surface area contributed by atoms with E-state index in [2.05, 4.69) is 9.47 Å². The molecular weight excluding hydrogens is 291 g/mol. The van der Waals surface area contributed by atoms with E-state index in [1.807, 2.05) is 0 Å². The molecule has 0 unspecified atom stereocenters. The fourth-order valence-corrected chi connectivity index (χ4v) is 1.57. The minimum Gasteiger partial charge on any atom is -0.489 e. The van der Waals surface area contributed by atoms with Crippen LogP contribution in [0.25, 0.3) is 6.08 Å². The van der Waals surface area contributed by atoms with Crippen molar-refractivity contribution >= 4 is 18.0 Å². The summed E-state index contributed by atoms with van der Waals surface area (Å²) in [5, 5.41) is 0. The van der Waals surface area contributed by atoms with Crippen LogP contribution < -0.4 is 4.74 Å². The lowest BCUT2D eigenvalue weighted by molar-refractivity contribution is -0.136. The monoisotopic (exact) mass is 308 g/mol. The van der Waals surface area contributed by atoms with Gasteiger partial charge in [-0.1, -0.05) is 0 Å². The van der Waals surface area contributed by atoms with Gasteiger partial charge in [-0.3, -0.25) is 0 Å². The Hall–Kier alpha value is -2.63. The smallest absolute Gasteiger partial charge is 0.333 e. The Bertz CT molecular complexity index is 605. The Kier molecular flexibility index (Phi) is 6.82. The lowest BCUT2D eigenvalue weighted by Gasteiger charge is -2.08. The molecular formula is C16H17FO5. The van der Waals surface area contributed by atoms with Crippen molar-refractivity contribution in [1.29, 1.82) is 0 Å². The summed E-state index contributed by atoms with van der Waals surface area (Å²) >= 11 is 0. The lowest BCUT2D eigenvalue weighted by atomic mass is 10.1. The van der Waals surface area contributed by atoms with Gasteiger partial charge in [0, 0.05) is 17.2 Å². The van der Waals surface area contributed by atoms with E-state index in [1.165, 1.54) is 50.6 Å². The maximum Gasteiger partial charge on any atom is 0.333 e. The first-order valence-corrected chi connectivity index (χ1v) is 6.41. The maximum atomic E-state index is 13.3. The minimum absolute atomic E-state index is 0.0961. The average Bonchev–Trinajstić information content (AvgIpc) is 2.51. The fourth-order valence-electron chi connectivity index (χ4n) is 1.57. The third-order valence-corrected chi connectivity index (χ3v) is 2.64. The first kappa shape index (κ1) is 17.4. The van der Waals surface area contributed by atoms with Gasteiger partial charge in [0.05, 0.1) is 14.2 Å². The molecule has 1 rings (SSSR count). The molecule has 0 bridgehead atoms. The van der Waals surface area contributed by atoms with Crippen LogP contribution in [0, 0.1) is 5.82 Å². The number of esters is 2. The van der Waals surface area contributed by atoms with Crippen LogP contribution >= 0.6 is 0 Å². The summed E-state index contributed by atoms with van der Waals surface area (Å²) in [4.78, 5) is 22.3. The second-order valence-electron chi connectivity index (χ2n) is 4.24. The fraction of sp³-hybridized carbons (Fsp3) is 0.250. The normalized spacial score (nSPS) is 11.4. The van der Waals surface area contributed by atoms with Crippen LogP contribution in [-0.2, 0) is 19.1 Å². The van der Waals surface area contributed by atoms with E-state index in [0.29, 0.717) is 16.9 Å². The average molecular weight is 308 g/mol. The molecule has 0 amide bonds. The number of carbonyl (C=O) groups excluding carboxylic acids is 2. The van der Waals surface area contributed by atoms with E-state index in [0.717, 1.165) is 0 Å². The minimum atomic E-state index is -0.513. The molecule has 0 aliphatic carbocycles. The van der Waals surface area contributed by atoms with Crippen LogP contribution in [0.3, 0.4) is 0 Å². The Balaban J connectivity index is 2.89. The summed E-state index contributed by atoms with van der Waals surface area (Å²) in [6, 6.07) is 3.92. The van der Waals surface area contributed by atoms with Crippen molar-refractivity contribution in [2.24, 2.45) is 0 Å². The Morgan fingerprint density at radius 3 is 2.59 bits per heavy atom. The molecule has 5 nitrogen and oxygen atoms in total. The first-order valence-electron chi connectivity index (χ1n) is 6.41. The lowest BCUT2D eigenvalue weighted by Crippen LogP contribution is -2.02. The quantitative estimate of drug-likeness (QED) is 0.597. The van der Waals surface area contributed by atoms with Crippen molar-refractivity contribution < 1.29 is 28.2 Å². The summed E-state index contributed by atoms with van der Waals surface area (Å²) < 4.78 is 27.8. The molecule has 0 saturated carbocycles. The van der Waals surface area contributed by atoms with Crippen molar-refractivity contribution in [3.8, 4) is 5.75 Å². The Morgan fingerprint density at radius 1 is 1.23 bits per heavy atom. The molecule has 0 radical (unpaired) electrons. The van der Waals surface area contributed by atoms with Crippen LogP contribution in [0.15, 0.2) is 35.9 Å². The molecule has 0 heterocycles. The molecule has 0 fully saturated rings. The standard InChI is InChI=1S/C16H17FO5/c1-11(16(19)21-3)9-12-10-13(17)6-7-14(12)22-8-4-5-15(18)20-2/h4-7,9-10H,8H2,1-3H3/b5-4+,11-9+. The molecule has 1 aromatic carbocycles. The van der Waals surface area contributed by atoms with Gasteiger partial charge in [-0.15, -0.1) is 0 Å². The van der Waals surface area contributed by atoms with Gasteiger partial charge < -0.3 is 14.2 Å². The van der Waals surface area contributed by atoms with Crippen LogP contribution in [0.2, 0.25) is 0 Å². The highest BCUT2D eigenvalue weighted by Gasteiger charge is 2.08. The van der Waals surface area contributed by atoms with E-state index in [-0.39, 0.29) is 6.61 Å². The SMILES string of the molecule is COC(=O)/C=C/COc1ccc(F)cc1/C=C(\C)C(=O)OC. The largest absolute Gasteiger partial charge is 0.489 e. The molecule has 0 aliphatic rings. The summed E-state index contributed by atoms with van der Waals surface area (Å²) in [6.45, 7) is 1.65. The van der Waals surface area contributed by atoms with Gasteiger partial charge in [-0.25, -0.2) is 14.0 Å². The van der Waals surface area contributed by atoms with Gasteiger partial charge in [0.1, 0.15) is 18.2 Å². The molecule has 1 aromatic rings. The predicted octanol–water partition coefficient (Wildman–Crippen LogP) is 2.51. The van der Waals surface area contributed by atoms with E-state index < -0.39 is 17.8 Å². The molecule has 0 N–H and O–H groups in total. The number of rotatable bonds is 6. The molecule has 0 spiro atoms. The zero-order chi connectivity index (χ0) is 16.5. The highest BCUT2D eigenvalue weighted by atomic mass is 19.1. The van der Waals surface area contributed by atoms with E-state index in [9.17, 15) is 14.0 Å². The van der Waals surface area contributed by atoms with E-state index in [1.54, 1.807) is 6.92 Å². The molecule has 6 heteroatoms. The summed E-state index contributed by atoms with van der Waals surface area (Å²) in [7, 11) is 2.53. The maximum absolute atomic E-state index is 13.3. The highest BCUT2D eigenvalue weighted by molar-refractivity contribution is 5.93. The Morgan fingerprint density at radius 2 is 1.95 bits per heavy atom. The van der Waals surface area contributed by atoms with Gasteiger partial charge in [0.2, 0.25) is 0 Å². The molecule has 0 aromatic heterocycles. The predicted molar refractivity (Wildman–Crippen MR) is 78.7 cm³/mol. The number of carbonyl (C=O) groups is 2. The molecule has 118 valence electrons. The first-order chi connectivity index (χ1) is 10.5. The molecule has 0 atom stereocenters. The number of hydrogen-bond acceptors (Lipinski definition) is 5. The van der Waals surface area contributed by atoms with Gasteiger partial charge in [-0.2, -0.15) is 0 Å². The topological polar surface area (TPSA) is 61.8 Å². The molecule has 0 aliphatic heterocycles. The number of benzene rings is 1. The van der Waals surface area contributed by atoms with Gasteiger partial charge in [0.15, 0.2) is 0 Å². The number of hydrogen-bond donors (Lipinski definition) is 0. The summed E-state index contributed by atoms with van der Waals surface area (Å²) in [5.74, 6) is -1.09. The molecule has 22 heavy (non-hydrogen) atoms. The second-order valence-corrected chi connectivity index (χ2v) is 4.24. The van der Waals surface area contributed by atoms with Crippen molar-refractivity contribution in [2.75, 3.05) is 20.8 Å². The summed E-state index contributed by atoms with van der Waals surface area (Å²) in [6.07, 6.45) is 4.16. The highest BCUT2D eigenvalue weighted by Crippen LogP contribution is 2.23. The van der Waals surface area contributed by atoms with Gasteiger partial charge in [0.25, 0.3) is 0 Å². The third-order valence-electron chi connectivity index (χ3n) is 2.64. The van der Waals surface area contributed by atoms with E-state index in [4.69, 9.17) is 4.74 Å². The van der Waals surface area contributed by atoms with Crippen molar-refractivity contribution in [1.82, 2.24) is 0 Å². The van der Waals surface area contributed by atoms with E-state index >= 15 is 0 Å². The zero-order valence-corrected chi connectivity index (χ0v) is 12.6. The number of ether oxygens (including phenoxy) is 3. The third kappa shape index (κ3) is 5.40. The van der Waals surface area contributed by atoms with Gasteiger partial charge >= 0.3 is 11.9 Å². The number of halogens is 1. The molecule has 0 saturated heterocycles. The van der Waals surface area contributed by atoms with Crippen LogP contribution in [0.1, 0.15) is 12.5 Å². The van der Waals surface area contributed by atoms with Crippen LogP contribution in [-0.4, -0.2) is 32.8 Å². The summed E-state index contributed by atoms with van der Waals surface area (Å²) in [5.41, 5.74) is 0.706.